The van der Waals surface area contributed by atoms with Crippen LogP contribution in [0.5, 0.6) is 0 Å². The number of ether oxygens (including phenoxy) is 1. The van der Waals surface area contributed by atoms with E-state index in [9.17, 15) is 4.79 Å². The molecule has 1 atom stereocenters. The van der Waals surface area contributed by atoms with E-state index in [0.717, 1.165) is 16.6 Å². The van der Waals surface area contributed by atoms with E-state index in [1.54, 1.807) is 10.9 Å². The minimum absolute atomic E-state index is 0.313. The summed E-state index contributed by atoms with van der Waals surface area (Å²) in [7, 11) is 3.21. The van der Waals surface area contributed by atoms with Crippen LogP contribution in [0.4, 0.5) is 0 Å². The van der Waals surface area contributed by atoms with Crippen molar-refractivity contribution in [2.75, 3.05) is 7.11 Å². The van der Waals surface area contributed by atoms with E-state index in [0.29, 0.717) is 5.03 Å². The predicted octanol–water partition coefficient (Wildman–Crippen LogP) is 2.37. The van der Waals surface area contributed by atoms with Crippen LogP contribution in [0.3, 0.4) is 0 Å². The molecule has 6 nitrogen and oxygen atoms in total. The molecule has 0 N–H and O–H groups in total. The quantitative estimate of drug-likeness (QED) is 0.418. The Labute approximate surface area is 131 Å². The molecular formula is C15H14N4O2S. The van der Waals surface area contributed by atoms with Gasteiger partial charge in [0.1, 0.15) is 16.6 Å². The molecule has 2 heterocycles. The normalized spacial score (nSPS) is 12.3. The molecule has 0 saturated carbocycles. The van der Waals surface area contributed by atoms with Crippen molar-refractivity contribution in [3.63, 3.8) is 0 Å². The van der Waals surface area contributed by atoms with E-state index >= 15 is 0 Å². The Morgan fingerprint density at radius 3 is 2.77 bits per heavy atom. The molecule has 7 heteroatoms. The Kier molecular flexibility index (Phi) is 4.06. The summed E-state index contributed by atoms with van der Waals surface area (Å²) in [5.74, 6) is -0.313. The number of carbonyl (C=O) groups excluding carboxylic acids is 1. The first kappa shape index (κ1) is 14.5. The highest BCUT2D eigenvalue weighted by Gasteiger charge is 2.24. The number of benzene rings is 1. The summed E-state index contributed by atoms with van der Waals surface area (Å²) >= 11 is 1.34. The van der Waals surface area contributed by atoms with E-state index in [1.165, 1.54) is 25.2 Å². The topological polar surface area (TPSA) is 69.9 Å². The van der Waals surface area contributed by atoms with Crippen molar-refractivity contribution in [3.05, 3.63) is 48.4 Å². The van der Waals surface area contributed by atoms with Gasteiger partial charge in [0.25, 0.3) is 0 Å². The highest BCUT2D eigenvalue weighted by molar-refractivity contribution is 8.00. The van der Waals surface area contributed by atoms with Gasteiger partial charge in [-0.15, -0.1) is 0 Å². The van der Waals surface area contributed by atoms with Crippen molar-refractivity contribution >= 4 is 28.8 Å². The van der Waals surface area contributed by atoms with Gasteiger partial charge in [0.2, 0.25) is 0 Å². The molecule has 22 heavy (non-hydrogen) atoms. The van der Waals surface area contributed by atoms with Crippen molar-refractivity contribution < 1.29 is 9.53 Å². The van der Waals surface area contributed by atoms with Crippen molar-refractivity contribution in [2.24, 2.45) is 7.05 Å². The highest BCUT2D eigenvalue weighted by Crippen LogP contribution is 2.37. The van der Waals surface area contributed by atoms with E-state index in [2.05, 4.69) is 15.1 Å². The van der Waals surface area contributed by atoms with Gasteiger partial charge >= 0.3 is 5.97 Å². The molecule has 0 spiro atoms. The van der Waals surface area contributed by atoms with Crippen LogP contribution in [0.15, 0.2) is 47.9 Å². The van der Waals surface area contributed by atoms with Gasteiger partial charge in [0.15, 0.2) is 5.65 Å². The van der Waals surface area contributed by atoms with Crippen molar-refractivity contribution in [2.45, 2.75) is 10.3 Å². The van der Waals surface area contributed by atoms with Crippen LogP contribution in [0.2, 0.25) is 0 Å². The van der Waals surface area contributed by atoms with Crippen LogP contribution >= 0.6 is 11.8 Å². The number of aryl methyl sites for hydroxylation is 1. The van der Waals surface area contributed by atoms with Crippen LogP contribution in [0, 0.1) is 0 Å². The molecule has 3 aromatic rings. The number of hydrogen-bond donors (Lipinski definition) is 0. The number of fused-ring (bicyclic) bond motifs is 1. The molecule has 0 radical (unpaired) electrons. The van der Waals surface area contributed by atoms with Gasteiger partial charge in [0.05, 0.1) is 18.7 Å². The number of nitrogens with zero attached hydrogens (tertiary/aromatic N) is 4. The number of esters is 1. The second kappa shape index (κ2) is 6.15. The predicted molar refractivity (Wildman–Crippen MR) is 83.4 cm³/mol. The Morgan fingerprint density at radius 2 is 2.05 bits per heavy atom. The zero-order chi connectivity index (χ0) is 15.5. The Morgan fingerprint density at radius 1 is 1.27 bits per heavy atom. The first-order valence-corrected chi connectivity index (χ1v) is 7.51. The van der Waals surface area contributed by atoms with Gasteiger partial charge in [0, 0.05) is 7.05 Å². The lowest BCUT2D eigenvalue weighted by Crippen LogP contribution is -2.11. The summed E-state index contributed by atoms with van der Waals surface area (Å²) in [5.41, 5.74) is 1.60. The average molecular weight is 314 g/mol. The van der Waals surface area contributed by atoms with Gasteiger partial charge in [-0.25, -0.2) is 9.97 Å². The molecule has 0 aliphatic rings. The largest absolute Gasteiger partial charge is 0.468 e. The van der Waals surface area contributed by atoms with Crippen LogP contribution in [0.25, 0.3) is 11.0 Å². The SMILES string of the molecule is COC(=O)C(Sc1ncnc2c1cnn2C)c1ccccc1. The minimum atomic E-state index is -0.482. The van der Waals surface area contributed by atoms with E-state index < -0.39 is 5.25 Å². The lowest BCUT2D eigenvalue weighted by atomic mass is 10.1. The lowest BCUT2D eigenvalue weighted by molar-refractivity contribution is -0.140. The van der Waals surface area contributed by atoms with E-state index in [1.807, 2.05) is 37.4 Å². The molecule has 0 fully saturated rings. The Bertz CT molecular complexity index is 804. The maximum absolute atomic E-state index is 12.2. The molecule has 112 valence electrons. The lowest BCUT2D eigenvalue weighted by Gasteiger charge is -2.14. The van der Waals surface area contributed by atoms with Crippen molar-refractivity contribution in [1.82, 2.24) is 19.7 Å². The van der Waals surface area contributed by atoms with Crippen molar-refractivity contribution in [3.8, 4) is 0 Å². The highest BCUT2D eigenvalue weighted by atomic mass is 32.2. The van der Waals surface area contributed by atoms with Crippen molar-refractivity contribution in [1.29, 1.82) is 0 Å². The number of thioether (sulfide) groups is 1. The molecule has 2 aromatic heterocycles. The number of rotatable bonds is 4. The monoisotopic (exact) mass is 314 g/mol. The second-order valence-corrected chi connectivity index (χ2v) is 5.71. The molecular weight excluding hydrogens is 300 g/mol. The molecule has 0 saturated heterocycles. The molecule has 0 bridgehead atoms. The summed E-state index contributed by atoms with van der Waals surface area (Å²) in [6, 6.07) is 9.50. The Balaban J connectivity index is 2.01. The minimum Gasteiger partial charge on any atom is -0.468 e. The maximum Gasteiger partial charge on any atom is 0.323 e. The third kappa shape index (κ3) is 2.67. The first-order valence-electron chi connectivity index (χ1n) is 6.63. The Hall–Kier alpha value is -2.41. The van der Waals surface area contributed by atoms with Gasteiger partial charge in [-0.2, -0.15) is 5.10 Å². The van der Waals surface area contributed by atoms with E-state index in [4.69, 9.17) is 4.74 Å². The van der Waals surface area contributed by atoms with Gasteiger partial charge < -0.3 is 4.74 Å². The average Bonchev–Trinajstić information content (AvgIpc) is 2.95. The fraction of sp³-hybridized carbons (Fsp3) is 0.200. The second-order valence-electron chi connectivity index (χ2n) is 4.62. The number of hydrogen-bond acceptors (Lipinski definition) is 6. The zero-order valence-electron chi connectivity index (χ0n) is 12.1. The maximum atomic E-state index is 12.2. The van der Waals surface area contributed by atoms with E-state index in [-0.39, 0.29) is 5.97 Å². The molecule has 0 aliphatic carbocycles. The van der Waals surface area contributed by atoms with Crippen LogP contribution in [0.1, 0.15) is 10.8 Å². The smallest absolute Gasteiger partial charge is 0.323 e. The number of aromatic nitrogens is 4. The summed E-state index contributed by atoms with van der Waals surface area (Å²) in [6.07, 6.45) is 3.18. The summed E-state index contributed by atoms with van der Waals surface area (Å²) in [5, 5.41) is 5.23. The summed E-state index contributed by atoms with van der Waals surface area (Å²) < 4.78 is 6.61. The number of carbonyl (C=O) groups is 1. The fourth-order valence-corrected chi connectivity index (χ4v) is 3.22. The van der Waals surface area contributed by atoms with Gasteiger partial charge in [-0.3, -0.25) is 9.48 Å². The fourth-order valence-electron chi connectivity index (χ4n) is 2.13. The van der Waals surface area contributed by atoms with Crippen LogP contribution in [-0.4, -0.2) is 32.8 Å². The first-order chi connectivity index (χ1) is 10.7. The molecule has 1 unspecified atom stereocenters. The number of methoxy groups -OCH3 is 1. The van der Waals surface area contributed by atoms with Gasteiger partial charge in [-0.05, 0) is 5.56 Å². The summed E-state index contributed by atoms with van der Waals surface area (Å²) in [4.78, 5) is 20.7. The molecule has 3 rings (SSSR count). The third-order valence-electron chi connectivity index (χ3n) is 3.24. The van der Waals surface area contributed by atoms with Gasteiger partial charge in [-0.1, -0.05) is 42.1 Å². The molecule has 0 amide bonds. The standard InChI is InChI=1S/C15H14N4O2S/c1-19-13-11(8-18-19)14(17-9-16-13)22-12(15(20)21-2)10-6-4-3-5-7-10/h3-9,12H,1-2H3. The zero-order valence-corrected chi connectivity index (χ0v) is 12.9. The summed E-state index contributed by atoms with van der Waals surface area (Å²) in [6.45, 7) is 0. The van der Waals surface area contributed by atoms with Crippen LogP contribution < -0.4 is 0 Å². The molecule has 1 aromatic carbocycles. The van der Waals surface area contributed by atoms with Crippen LogP contribution in [-0.2, 0) is 16.6 Å². The molecule has 0 aliphatic heterocycles. The third-order valence-corrected chi connectivity index (χ3v) is 4.49.